The average molecular weight is 339 g/mol. The zero-order valence-corrected chi connectivity index (χ0v) is 14.8. The second kappa shape index (κ2) is 5.33. The van der Waals surface area contributed by atoms with Crippen molar-refractivity contribution in [2.45, 2.75) is 44.9 Å². The summed E-state index contributed by atoms with van der Waals surface area (Å²) in [5.41, 5.74) is 1.27. The summed E-state index contributed by atoms with van der Waals surface area (Å²) in [6.07, 6.45) is 7.60. The second-order valence-electron chi connectivity index (χ2n) is 8.71. The van der Waals surface area contributed by atoms with Gasteiger partial charge in [0.25, 0.3) is 0 Å². The van der Waals surface area contributed by atoms with Crippen LogP contribution in [0.15, 0.2) is 18.2 Å². The summed E-state index contributed by atoms with van der Waals surface area (Å²) in [5, 5.41) is 0. The molecule has 0 aromatic heterocycles. The molecule has 1 aliphatic heterocycles. The highest BCUT2D eigenvalue weighted by Crippen LogP contribution is 2.60. The van der Waals surface area contributed by atoms with E-state index in [1.54, 1.807) is 13.2 Å². The van der Waals surface area contributed by atoms with Gasteiger partial charge >= 0.3 is 0 Å². The fourth-order valence-corrected chi connectivity index (χ4v) is 6.44. The maximum atomic E-state index is 13.7. The zero-order chi connectivity index (χ0) is 17.2. The normalized spacial score (nSPS) is 35.6. The van der Waals surface area contributed by atoms with Crippen molar-refractivity contribution in [1.82, 2.24) is 0 Å². The van der Waals surface area contributed by atoms with Gasteiger partial charge in [0.1, 0.15) is 5.75 Å². The largest absolute Gasteiger partial charge is 0.497 e. The van der Waals surface area contributed by atoms with Crippen LogP contribution in [-0.2, 0) is 4.79 Å². The number of Topliss-reactive ketones (excluding diaryl/α,β-unsaturated/α-hetero) is 1. The van der Waals surface area contributed by atoms with Crippen molar-refractivity contribution in [3.05, 3.63) is 23.8 Å². The van der Waals surface area contributed by atoms with E-state index in [2.05, 4.69) is 0 Å². The van der Waals surface area contributed by atoms with Crippen molar-refractivity contribution >= 4 is 17.4 Å². The van der Waals surface area contributed by atoms with Gasteiger partial charge in [0.15, 0.2) is 5.78 Å². The van der Waals surface area contributed by atoms with Gasteiger partial charge in [0, 0.05) is 18.5 Å². The summed E-state index contributed by atoms with van der Waals surface area (Å²) in [7, 11) is 1.60. The summed E-state index contributed by atoms with van der Waals surface area (Å²) < 4.78 is 5.27. The van der Waals surface area contributed by atoms with Crippen LogP contribution < -0.4 is 9.64 Å². The Morgan fingerprint density at radius 1 is 1.12 bits per heavy atom. The SMILES string of the molecule is COc1ccc2c(c1)C(=O)CCN2C(=O)C12CC3CC(CC(C3)C1)C2. The number of methoxy groups -OCH3 is 1. The third kappa shape index (κ3) is 2.26. The van der Waals surface area contributed by atoms with Gasteiger partial charge in [-0.25, -0.2) is 0 Å². The fourth-order valence-electron chi connectivity index (χ4n) is 6.44. The number of hydrogen-bond acceptors (Lipinski definition) is 3. The Morgan fingerprint density at radius 3 is 2.36 bits per heavy atom. The number of hydrogen-bond donors (Lipinski definition) is 0. The van der Waals surface area contributed by atoms with Gasteiger partial charge in [0.2, 0.25) is 5.91 Å². The number of carbonyl (C=O) groups excluding carboxylic acids is 2. The van der Waals surface area contributed by atoms with E-state index in [1.807, 2.05) is 17.0 Å². The van der Waals surface area contributed by atoms with Gasteiger partial charge in [-0.05, 0) is 74.5 Å². The smallest absolute Gasteiger partial charge is 0.233 e. The number of carbonyl (C=O) groups is 2. The summed E-state index contributed by atoms with van der Waals surface area (Å²) in [6, 6.07) is 5.54. The quantitative estimate of drug-likeness (QED) is 0.823. The van der Waals surface area contributed by atoms with Gasteiger partial charge in [-0.15, -0.1) is 0 Å². The maximum absolute atomic E-state index is 13.7. The molecule has 4 fully saturated rings. The number of benzene rings is 1. The van der Waals surface area contributed by atoms with E-state index in [-0.39, 0.29) is 17.1 Å². The predicted octanol–water partition coefficient (Wildman–Crippen LogP) is 3.83. The van der Waals surface area contributed by atoms with Gasteiger partial charge in [-0.2, -0.15) is 0 Å². The molecule has 1 heterocycles. The zero-order valence-electron chi connectivity index (χ0n) is 14.8. The summed E-state index contributed by atoms with van der Waals surface area (Å²) >= 11 is 0. The molecule has 1 amide bonds. The number of ether oxygens (including phenoxy) is 1. The van der Waals surface area contributed by atoms with E-state index in [0.717, 1.165) is 42.7 Å². The number of fused-ring (bicyclic) bond motifs is 1. The van der Waals surface area contributed by atoms with Crippen LogP contribution in [0.4, 0.5) is 5.69 Å². The van der Waals surface area contributed by atoms with Crippen LogP contribution in [0.1, 0.15) is 55.3 Å². The summed E-state index contributed by atoms with van der Waals surface area (Å²) in [4.78, 5) is 28.0. The molecule has 4 aliphatic carbocycles. The lowest BCUT2D eigenvalue weighted by Crippen LogP contribution is -2.55. The predicted molar refractivity (Wildman–Crippen MR) is 94.9 cm³/mol. The van der Waals surface area contributed by atoms with Crippen LogP contribution in [0.3, 0.4) is 0 Å². The van der Waals surface area contributed by atoms with E-state index in [4.69, 9.17) is 4.74 Å². The molecule has 5 aliphatic rings. The van der Waals surface area contributed by atoms with Crippen LogP contribution >= 0.6 is 0 Å². The van der Waals surface area contributed by atoms with Crippen molar-refractivity contribution in [2.24, 2.45) is 23.2 Å². The third-order valence-corrected chi connectivity index (χ3v) is 7.09. The second-order valence-corrected chi connectivity index (χ2v) is 8.71. The van der Waals surface area contributed by atoms with Crippen LogP contribution in [0.25, 0.3) is 0 Å². The number of anilines is 1. The molecule has 6 rings (SSSR count). The highest BCUT2D eigenvalue weighted by molar-refractivity contribution is 6.10. The number of nitrogens with zero attached hydrogens (tertiary/aromatic N) is 1. The number of ketones is 1. The average Bonchev–Trinajstić information content (AvgIpc) is 2.60. The molecule has 25 heavy (non-hydrogen) atoms. The van der Waals surface area contributed by atoms with Crippen LogP contribution in [-0.4, -0.2) is 25.3 Å². The van der Waals surface area contributed by atoms with Gasteiger partial charge in [-0.1, -0.05) is 0 Å². The minimum absolute atomic E-state index is 0.114. The standard InChI is InChI=1S/C21H25NO3/c1-25-16-2-3-18-17(9-16)19(23)4-5-22(18)20(24)21-10-13-6-14(11-21)8-15(7-13)12-21/h2-3,9,13-15H,4-8,10-12H2,1H3. The molecule has 1 aromatic rings. The van der Waals surface area contributed by atoms with E-state index in [0.29, 0.717) is 24.3 Å². The Balaban J connectivity index is 1.51. The molecule has 0 saturated heterocycles. The van der Waals surface area contributed by atoms with Crippen LogP contribution in [0, 0.1) is 23.2 Å². The summed E-state index contributed by atoms with van der Waals surface area (Å²) in [5.74, 6) is 3.32. The maximum Gasteiger partial charge on any atom is 0.233 e. The van der Waals surface area contributed by atoms with E-state index in [1.165, 1.54) is 19.3 Å². The molecule has 4 saturated carbocycles. The lowest BCUT2D eigenvalue weighted by Gasteiger charge is -2.56. The number of rotatable bonds is 2. The van der Waals surface area contributed by atoms with E-state index >= 15 is 0 Å². The van der Waals surface area contributed by atoms with Gasteiger partial charge in [-0.3, -0.25) is 9.59 Å². The molecule has 1 aromatic carbocycles. The number of amides is 1. The molecular formula is C21H25NO3. The summed E-state index contributed by atoms with van der Waals surface area (Å²) in [6.45, 7) is 0.527. The molecule has 0 unspecified atom stereocenters. The van der Waals surface area contributed by atoms with Crippen molar-refractivity contribution in [3.8, 4) is 5.75 Å². The van der Waals surface area contributed by atoms with E-state index < -0.39 is 0 Å². The monoisotopic (exact) mass is 339 g/mol. The first-order valence-electron chi connectivity index (χ1n) is 9.61. The molecule has 4 nitrogen and oxygen atoms in total. The first-order chi connectivity index (χ1) is 12.1. The highest BCUT2D eigenvalue weighted by atomic mass is 16.5. The Kier molecular flexibility index (Phi) is 3.28. The first-order valence-corrected chi connectivity index (χ1v) is 9.61. The molecule has 0 spiro atoms. The van der Waals surface area contributed by atoms with E-state index in [9.17, 15) is 9.59 Å². The molecule has 132 valence electrons. The Hall–Kier alpha value is -1.84. The first kappa shape index (κ1) is 15.4. The highest BCUT2D eigenvalue weighted by Gasteiger charge is 2.56. The molecular weight excluding hydrogens is 314 g/mol. The van der Waals surface area contributed by atoms with Crippen molar-refractivity contribution < 1.29 is 14.3 Å². The lowest BCUT2D eigenvalue weighted by atomic mass is 9.49. The van der Waals surface area contributed by atoms with Crippen molar-refractivity contribution in [1.29, 1.82) is 0 Å². The molecule has 4 bridgehead atoms. The molecule has 4 heteroatoms. The van der Waals surface area contributed by atoms with Gasteiger partial charge in [0.05, 0.1) is 18.2 Å². The van der Waals surface area contributed by atoms with Crippen molar-refractivity contribution in [2.75, 3.05) is 18.6 Å². The van der Waals surface area contributed by atoms with Crippen molar-refractivity contribution in [3.63, 3.8) is 0 Å². The lowest BCUT2D eigenvalue weighted by molar-refractivity contribution is -0.143. The molecule has 0 atom stereocenters. The molecule has 0 radical (unpaired) electrons. The Bertz CT molecular complexity index is 718. The topological polar surface area (TPSA) is 46.6 Å². The Labute approximate surface area is 148 Å². The third-order valence-electron chi connectivity index (χ3n) is 7.09. The van der Waals surface area contributed by atoms with Gasteiger partial charge < -0.3 is 9.64 Å². The Morgan fingerprint density at radius 2 is 1.76 bits per heavy atom. The molecule has 0 N–H and O–H groups in total. The fraction of sp³-hybridized carbons (Fsp3) is 0.619. The van der Waals surface area contributed by atoms with Crippen LogP contribution in [0.5, 0.6) is 5.75 Å². The minimum atomic E-state index is -0.160. The van der Waals surface area contributed by atoms with Crippen LogP contribution in [0.2, 0.25) is 0 Å². The minimum Gasteiger partial charge on any atom is -0.497 e.